The maximum Gasteiger partial charge on any atom is 0.336 e. The Morgan fingerprint density at radius 1 is 1.11 bits per heavy atom. The van der Waals surface area contributed by atoms with Crippen molar-refractivity contribution in [3.05, 3.63) is 71.1 Å². The lowest BCUT2D eigenvalue weighted by Crippen LogP contribution is -2.46. The first-order valence-corrected chi connectivity index (χ1v) is 10.1. The van der Waals surface area contributed by atoms with Gasteiger partial charge in [0, 0.05) is 17.8 Å². The summed E-state index contributed by atoms with van der Waals surface area (Å²) in [5.41, 5.74) is 1.42. The van der Waals surface area contributed by atoms with Crippen LogP contribution in [0.15, 0.2) is 70.6 Å². The van der Waals surface area contributed by atoms with E-state index in [9.17, 15) is 9.59 Å². The standard InChI is InChI=1S/C22H20N2O3S/c1-3-24-18-13-9-8-12-16(18)22(21(24)26)17(19(25)27-4-2)14-28-20(22)23-15-10-6-5-7-11-15/h5-14H,3-4H2,1-2H3. The number of amides is 1. The normalized spacial score (nSPS) is 21.9. The molecule has 28 heavy (non-hydrogen) atoms. The molecule has 1 atom stereocenters. The van der Waals surface area contributed by atoms with Gasteiger partial charge in [0.15, 0.2) is 5.41 Å². The summed E-state index contributed by atoms with van der Waals surface area (Å²) in [6.07, 6.45) is 0. The molecule has 0 saturated heterocycles. The Hall–Kier alpha value is -2.86. The van der Waals surface area contributed by atoms with Crippen molar-refractivity contribution in [3.8, 4) is 0 Å². The second-order valence-electron chi connectivity index (χ2n) is 6.44. The molecule has 142 valence electrons. The van der Waals surface area contributed by atoms with E-state index in [1.54, 1.807) is 17.2 Å². The highest BCUT2D eigenvalue weighted by Crippen LogP contribution is 2.54. The number of aliphatic imine (C=N–C) groups is 1. The zero-order valence-electron chi connectivity index (χ0n) is 15.7. The van der Waals surface area contributed by atoms with Crippen LogP contribution in [0.2, 0.25) is 0 Å². The van der Waals surface area contributed by atoms with E-state index in [1.165, 1.54) is 11.8 Å². The molecule has 0 bridgehead atoms. The van der Waals surface area contributed by atoms with Crippen LogP contribution in [0.4, 0.5) is 11.4 Å². The summed E-state index contributed by atoms with van der Waals surface area (Å²) in [7, 11) is 0. The van der Waals surface area contributed by atoms with Gasteiger partial charge >= 0.3 is 5.97 Å². The lowest BCUT2D eigenvalue weighted by atomic mass is 9.76. The molecule has 0 radical (unpaired) electrons. The molecule has 2 aromatic carbocycles. The van der Waals surface area contributed by atoms with Gasteiger partial charge < -0.3 is 9.64 Å². The second-order valence-corrected chi connectivity index (χ2v) is 7.30. The highest BCUT2D eigenvalue weighted by atomic mass is 32.2. The molecule has 5 nitrogen and oxygen atoms in total. The number of benzene rings is 2. The lowest BCUT2D eigenvalue weighted by molar-refractivity contribution is -0.140. The molecule has 4 rings (SSSR count). The van der Waals surface area contributed by atoms with E-state index in [2.05, 4.69) is 0 Å². The summed E-state index contributed by atoms with van der Waals surface area (Å²) in [4.78, 5) is 33.0. The number of fused-ring (bicyclic) bond motifs is 2. The quantitative estimate of drug-likeness (QED) is 0.731. The molecule has 0 aromatic heterocycles. The van der Waals surface area contributed by atoms with Crippen molar-refractivity contribution in [2.75, 3.05) is 18.1 Å². The van der Waals surface area contributed by atoms with Crippen molar-refractivity contribution < 1.29 is 14.3 Å². The van der Waals surface area contributed by atoms with Crippen LogP contribution in [0.1, 0.15) is 19.4 Å². The Labute approximate surface area is 168 Å². The fourth-order valence-electron chi connectivity index (χ4n) is 3.78. The van der Waals surface area contributed by atoms with Crippen molar-refractivity contribution in [1.29, 1.82) is 0 Å². The van der Waals surface area contributed by atoms with Gasteiger partial charge in [0.1, 0.15) is 5.04 Å². The molecule has 1 spiro atoms. The molecule has 0 aliphatic carbocycles. The maximum atomic E-state index is 13.7. The van der Waals surface area contributed by atoms with Crippen molar-refractivity contribution in [2.45, 2.75) is 19.3 Å². The minimum Gasteiger partial charge on any atom is -0.463 e. The van der Waals surface area contributed by atoms with Gasteiger partial charge in [-0.05, 0) is 37.5 Å². The number of rotatable bonds is 4. The first kappa shape index (κ1) is 18.5. The SMILES string of the molecule is CCOC(=O)C1=CSC(=Nc2ccccc2)C12C(=O)N(CC)c1ccccc12. The van der Waals surface area contributed by atoms with Crippen LogP contribution in [-0.4, -0.2) is 30.1 Å². The molecule has 2 aliphatic rings. The van der Waals surface area contributed by atoms with Crippen LogP contribution >= 0.6 is 11.8 Å². The van der Waals surface area contributed by atoms with Gasteiger partial charge in [-0.15, -0.1) is 0 Å². The number of para-hydroxylation sites is 2. The van der Waals surface area contributed by atoms with Gasteiger partial charge in [0.05, 0.1) is 17.9 Å². The van der Waals surface area contributed by atoms with E-state index in [0.29, 0.717) is 17.2 Å². The number of ether oxygens (including phenoxy) is 1. The molecule has 0 saturated carbocycles. The molecule has 2 aliphatic heterocycles. The van der Waals surface area contributed by atoms with E-state index >= 15 is 0 Å². The fourth-order valence-corrected chi connectivity index (χ4v) is 4.93. The van der Waals surface area contributed by atoms with Crippen molar-refractivity contribution in [3.63, 3.8) is 0 Å². The summed E-state index contributed by atoms with van der Waals surface area (Å²) in [5.74, 6) is -0.635. The van der Waals surface area contributed by atoms with E-state index < -0.39 is 11.4 Å². The molecular formula is C22H20N2O3S. The molecule has 2 heterocycles. The van der Waals surface area contributed by atoms with Crippen LogP contribution < -0.4 is 4.90 Å². The number of hydrogen-bond donors (Lipinski definition) is 0. The Balaban J connectivity index is 1.96. The highest BCUT2D eigenvalue weighted by Gasteiger charge is 2.61. The minimum atomic E-state index is -1.25. The Morgan fingerprint density at radius 3 is 2.54 bits per heavy atom. The summed E-state index contributed by atoms with van der Waals surface area (Å²) in [6, 6.07) is 17.1. The monoisotopic (exact) mass is 392 g/mol. The number of hydrogen-bond acceptors (Lipinski definition) is 5. The number of likely N-dealkylation sites (N-methyl/N-ethyl adjacent to an activating group) is 1. The smallest absolute Gasteiger partial charge is 0.336 e. The molecule has 1 unspecified atom stereocenters. The summed E-state index contributed by atoms with van der Waals surface area (Å²) >= 11 is 1.32. The summed E-state index contributed by atoms with van der Waals surface area (Å²) in [5, 5.41) is 2.29. The van der Waals surface area contributed by atoms with Crippen LogP contribution in [0, 0.1) is 0 Å². The average Bonchev–Trinajstić information content (AvgIpc) is 3.21. The second kappa shape index (κ2) is 7.28. The van der Waals surface area contributed by atoms with E-state index in [4.69, 9.17) is 9.73 Å². The zero-order valence-corrected chi connectivity index (χ0v) is 16.5. The third kappa shape index (κ3) is 2.59. The average molecular weight is 392 g/mol. The molecule has 2 aromatic rings. The summed E-state index contributed by atoms with van der Waals surface area (Å²) in [6.45, 7) is 4.44. The number of anilines is 1. The molecule has 0 fully saturated rings. The van der Waals surface area contributed by atoms with Gasteiger partial charge in [-0.1, -0.05) is 48.2 Å². The zero-order chi connectivity index (χ0) is 19.7. The van der Waals surface area contributed by atoms with Gasteiger partial charge in [-0.2, -0.15) is 0 Å². The Morgan fingerprint density at radius 2 is 1.82 bits per heavy atom. The molecule has 6 heteroatoms. The highest BCUT2D eigenvalue weighted by molar-refractivity contribution is 8.17. The number of carbonyl (C=O) groups is 2. The van der Waals surface area contributed by atoms with Crippen LogP contribution in [0.25, 0.3) is 0 Å². The molecule has 0 N–H and O–H groups in total. The van der Waals surface area contributed by atoms with Crippen LogP contribution in [0.5, 0.6) is 0 Å². The molecular weight excluding hydrogens is 372 g/mol. The predicted molar refractivity (Wildman–Crippen MR) is 112 cm³/mol. The Kier molecular flexibility index (Phi) is 4.81. The van der Waals surface area contributed by atoms with E-state index in [0.717, 1.165) is 16.9 Å². The first-order valence-electron chi connectivity index (χ1n) is 9.24. The third-order valence-electron chi connectivity index (χ3n) is 4.98. The van der Waals surface area contributed by atoms with Crippen molar-refractivity contribution in [2.24, 2.45) is 4.99 Å². The minimum absolute atomic E-state index is 0.157. The van der Waals surface area contributed by atoms with Crippen molar-refractivity contribution >= 4 is 40.1 Å². The Bertz CT molecular complexity index is 1000. The van der Waals surface area contributed by atoms with Crippen LogP contribution in [-0.2, 0) is 19.7 Å². The topological polar surface area (TPSA) is 59.0 Å². The third-order valence-corrected chi connectivity index (χ3v) is 5.95. The number of esters is 1. The summed E-state index contributed by atoms with van der Waals surface area (Å²) < 4.78 is 5.30. The van der Waals surface area contributed by atoms with Gasteiger partial charge in [0.25, 0.3) is 0 Å². The number of nitrogens with zero attached hydrogens (tertiary/aromatic N) is 2. The van der Waals surface area contributed by atoms with Crippen molar-refractivity contribution in [1.82, 2.24) is 0 Å². The van der Waals surface area contributed by atoms with E-state index in [-0.39, 0.29) is 12.5 Å². The largest absolute Gasteiger partial charge is 0.463 e. The number of carbonyl (C=O) groups excluding carboxylic acids is 2. The van der Waals surface area contributed by atoms with Gasteiger partial charge in [-0.25, -0.2) is 9.79 Å². The lowest BCUT2D eigenvalue weighted by Gasteiger charge is -2.26. The predicted octanol–water partition coefficient (Wildman–Crippen LogP) is 4.21. The van der Waals surface area contributed by atoms with Gasteiger partial charge in [-0.3, -0.25) is 4.79 Å². The first-order chi connectivity index (χ1) is 13.6. The van der Waals surface area contributed by atoms with Crippen LogP contribution in [0.3, 0.4) is 0 Å². The maximum absolute atomic E-state index is 13.7. The van der Waals surface area contributed by atoms with E-state index in [1.807, 2.05) is 61.5 Å². The van der Waals surface area contributed by atoms with Gasteiger partial charge in [0.2, 0.25) is 5.91 Å². The fraction of sp³-hybridized carbons (Fsp3) is 0.227. The molecule has 1 amide bonds. The number of thioether (sulfide) groups is 1.